The van der Waals surface area contributed by atoms with E-state index in [1.165, 1.54) is 24.1 Å². The zero-order valence-electron chi connectivity index (χ0n) is 12.1. The van der Waals surface area contributed by atoms with Crippen LogP contribution < -0.4 is 5.32 Å². The lowest BCUT2D eigenvalue weighted by Gasteiger charge is -2.27. The maximum atomic E-state index is 4.79. The van der Waals surface area contributed by atoms with E-state index in [1.54, 1.807) is 0 Å². The fourth-order valence-electron chi connectivity index (χ4n) is 2.85. The molecule has 2 aromatic rings. The van der Waals surface area contributed by atoms with E-state index in [9.17, 15) is 0 Å². The molecule has 104 valence electrons. The molecule has 1 aliphatic rings. The molecule has 20 heavy (non-hydrogen) atoms. The lowest BCUT2D eigenvalue weighted by atomic mass is 9.92. The van der Waals surface area contributed by atoms with Crippen molar-refractivity contribution in [1.29, 1.82) is 0 Å². The second kappa shape index (κ2) is 5.71. The Balaban J connectivity index is 1.93. The van der Waals surface area contributed by atoms with Gasteiger partial charge >= 0.3 is 0 Å². The first-order valence-corrected chi connectivity index (χ1v) is 7.41. The number of nitrogens with zero attached hydrogens (tertiary/aromatic N) is 2. The summed E-state index contributed by atoms with van der Waals surface area (Å²) in [6, 6.07) is 11.1. The second-order valence-corrected chi connectivity index (χ2v) is 5.73. The third-order valence-electron chi connectivity index (χ3n) is 3.75. The minimum atomic E-state index is 0.406. The van der Waals surface area contributed by atoms with Gasteiger partial charge < -0.3 is 5.32 Å². The van der Waals surface area contributed by atoms with Crippen molar-refractivity contribution in [3.05, 3.63) is 47.8 Å². The topological polar surface area (TPSA) is 37.8 Å². The molecule has 1 N–H and O–H groups in total. The van der Waals surface area contributed by atoms with Gasteiger partial charge in [-0.15, -0.1) is 0 Å². The normalized spacial score (nSPS) is 18.1. The summed E-state index contributed by atoms with van der Waals surface area (Å²) in [5.41, 5.74) is 3.59. The summed E-state index contributed by atoms with van der Waals surface area (Å²) in [5, 5.41) is 3.62. The molecule has 1 atom stereocenters. The van der Waals surface area contributed by atoms with Crippen molar-refractivity contribution in [2.75, 3.05) is 0 Å². The van der Waals surface area contributed by atoms with Crippen LogP contribution in [0.3, 0.4) is 0 Å². The van der Waals surface area contributed by atoms with Gasteiger partial charge in [-0.1, -0.05) is 44.2 Å². The molecule has 0 saturated carbocycles. The maximum absolute atomic E-state index is 4.79. The molecule has 3 nitrogen and oxygen atoms in total. The van der Waals surface area contributed by atoms with Crippen LogP contribution in [0.25, 0.3) is 11.4 Å². The van der Waals surface area contributed by atoms with Gasteiger partial charge in [0.15, 0.2) is 5.82 Å². The van der Waals surface area contributed by atoms with Gasteiger partial charge in [-0.3, -0.25) is 0 Å². The zero-order chi connectivity index (χ0) is 13.9. The number of benzene rings is 1. The summed E-state index contributed by atoms with van der Waals surface area (Å²) in [4.78, 5) is 9.36. The van der Waals surface area contributed by atoms with Crippen molar-refractivity contribution < 1.29 is 0 Å². The van der Waals surface area contributed by atoms with Crippen molar-refractivity contribution in [2.45, 2.75) is 45.2 Å². The van der Waals surface area contributed by atoms with Crippen molar-refractivity contribution >= 4 is 0 Å². The summed E-state index contributed by atoms with van der Waals surface area (Å²) in [6.45, 7) is 4.38. The predicted molar refractivity (Wildman–Crippen MR) is 81.4 cm³/mol. The largest absolute Gasteiger partial charge is 0.308 e. The molecule has 0 spiro atoms. The highest BCUT2D eigenvalue weighted by Crippen LogP contribution is 2.29. The second-order valence-electron chi connectivity index (χ2n) is 5.73. The highest BCUT2D eigenvalue weighted by Gasteiger charge is 2.22. The predicted octanol–water partition coefficient (Wildman–Crippen LogP) is 3.52. The smallest absolute Gasteiger partial charge is 0.159 e. The summed E-state index contributed by atoms with van der Waals surface area (Å²) < 4.78 is 0. The Bertz CT molecular complexity index is 578. The Labute approximate surface area is 120 Å². The molecule has 1 heterocycles. The number of nitrogens with one attached hydrogen (secondary N) is 1. The number of fused-ring (bicyclic) bond motifs is 1. The number of hydrogen-bond donors (Lipinski definition) is 1. The molecule has 0 fully saturated rings. The molecule has 0 amide bonds. The summed E-state index contributed by atoms with van der Waals surface area (Å²) in [5.74, 6) is 0.842. The van der Waals surface area contributed by atoms with E-state index in [-0.39, 0.29) is 0 Å². The van der Waals surface area contributed by atoms with E-state index in [0.29, 0.717) is 12.1 Å². The first kappa shape index (κ1) is 13.3. The van der Waals surface area contributed by atoms with E-state index in [2.05, 4.69) is 36.3 Å². The number of rotatable bonds is 3. The molecular weight excluding hydrogens is 246 g/mol. The first-order chi connectivity index (χ1) is 9.74. The van der Waals surface area contributed by atoms with Gasteiger partial charge in [-0.25, -0.2) is 9.97 Å². The summed E-state index contributed by atoms with van der Waals surface area (Å²) in [7, 11) is 0. The zero-order valence-corrected chi connectivity index (χ0v) is 12.1. The van der Waals surface area contributed by atoms with Crippen molar-refractivity contribution in [3.8, 4) is 11.4 Å². The Kier molecular flexibility index (Phi) is 3.79. The molecule has 3 rings (SSSR count). The summed E-state index contributed by atoms with van der Waals surface area (Å²) >= 11 is 0. The van der Waals surface area contributed by atoms with Gasteiger partial charge in [-0.2, -0.15) is 0 Å². The third-order valence-corrected chi connectivity index (χ3v) is 3.75. The van der Waals surface area contributed by atoms with Gasteiger partial charge in [0.25, 0.3) is 0 Å². The summed E-state index contributed by atoms with van der Waals surface area (Å²) in [6.07, 6.45) is 5.46. The van der Waals surface area contributed by atoms with Gasteiger partial charge in [-0.05, 0) is 19.3 Å². The van der Waals surface area contributed by atoms with Crippen molar-refractivity contribution in [2.24, 2.45) is 0 Å². The van der Waals surface area contributed by atoms with Gasteiger partial charge in [0.2, 0.25) is 0 Å². The van der Waals surface area contributed by atoms with E-state index in [0.717, 1.165) is 17.8 Å². The molecule has 1 aromatic heterocycles. The van der Waals surface area contributed by atoms with E-state index in [4.69, 9.17) is 4.98 Å². The lowest BCUT2D eigenvalue weighted by Crippen LogP contribution is -2.31. The van der Waals surface area contributed by atoms with Gasteiger partial charge in [0.1, 0.15) is 0 Å². The van der Waals surface area contributed by atoms with Gasteiger partial charge in [0, 0.05) is 35.1 Å². The standard InChI is InChI=1S/C17H21N3/c1-12(2)19-15-9-6-10-16-14(15)11-18-17(20-16)13-7-4-3-5-8-13/h3-5,7-8,11-12,15,19H,6,9-10H2,1-2H3/t15-/m0/s1. The number of aromatic nitrogens is 2. The lowest BCUT2D eigenvalue weighted by molar-refractivity contribution is 0.418. The van der Waals surface area contributed by atoms with Crippen LogP contribution in [0.15, 0.2) is 36.5 Å². The van der Waals surface area contributed by atoms with Crippen LogP contribution in [-0.2, 0) is 6.42 Å². The number of aryl methyl sites for hydroxylation is 1. The van der Waals surface area contributed by atoms with Gasteiger partial charge in [0.05, 0.1) is 0 Å². The molecule has 1 aromatic carbocycles. The Morgan fingerprint density at radius 3 is 2.75 bits per heavy atom. The Morgan fingerprint density at radius 2 is 2.00 bits per heavy atom. The minimum Gasteiger partial charge on any atom is -0.308 e. The van der Waals surface area contributed by atoms with Crippen LogP contribution >= 0.6 is 0 Å². The molecule has 0 unspecified atom stereocenters. The van der Waals surface area contributed by atoms with E-state index >= 15 is 0 Å². The Morgan fingerprint density at radius 1 is 1.20 bits per heavy atom. The van der Waals surface area contributed by atoms with Crippen molar-refractivity contribution in [1.82, 2.24) is 15.3 Å². The maximum Gasteiger partial charge on any atom is 0.159 e. The van der Waals surface area contributed by atoms with Crippen LogP contribution in [0, 0.1) is 0 Å². The quantitative estimate of drug-likeness (QED) is 0.924. The SMILES string of the molecule is CC(C)N[C@H]1CCCc2nc(-c3ccccc3)ncc21. The molecule has 0 radical (unpaired) electrons. The highest BCUT2D eigenvalue weighted by atomic mass is 15.0. The molecule has 0 bridgehead atoms. The third kappa shape index (κ3) is 2.73. The van der Waals surface area contributed by atoms with Crippen LogP contribution in [0.4, 0.5) is 0 Å². The van der Waals surface area contributed by atoms with Crippen LogP contribution in [0.1, 0.15) is 44.0 Å². The van der Waals surface area contributed by atoms with Crippen molar-refractivity contribution in [3.63, 3.8) is 0 Å². The number of hydrogen-bond acceptors (Lipinski definition) is 3. The van der Waals surface area contributed by atoms with E-state index < -0.39 is 0 Å². The molecule has 3 heteroatoms. The molecule has 1 aliphatic carbocycles. The molecule has 0 aliphatic heterocycles. The van der Waals surface area contributed by atoms with Crippen LogP contribution in [0.2, 0.25) is 0 Å². The van der Waals surface area contributed by atoms with E-state index in [1.807, 2.05) is 24.4 Å². The minimum absolute atomic E-state index is 0.406. The molecular formula is C17H21N3. The average molecular weight is 267 g/mol. The van der Waals surface area contributed by atoms with Crippen LogP contribution in [0.5, 0.6) is 0 Å². The fourth-order valence-corrected chi connectivity index (χ4v) is 2.85. The highest BCUT2D eigenvalue weighted by molar-refractivity contribution is 5.54. The molecule has 0 saturated heterocycles. The average Bonchev–Trinajstić information content (AvgIpc) is 2.47. The first-order valence-electron chi connectivity index (χ1n) is 7.41. The fraction of sp³-hybridized carbons (Fsp3) is 0.412. The van der Waals surface area contributed by atoms with Crippen LogP contribution in [-0.4, -0.2) is 16.0 Å². The monoisotopic (exact) mass is 267 g/mol. The Hall–Kier alpha value is -1.74.